The Morgan fingerprint density at radius 1 is 1.09 bits per heavy atom. The lowest BCUT2D eigenvalue weighted by atomic mass is 9.97. The summed E-state index contributed by atoms with van der Waals surface area (Å²) in [6.07, 6.45) is 0.534. The monoisotopic (exact) mass is 297 g/mol. The minimum absolute atomic E-state index is 0.316. The molecule has 1 unspecified atom stereocenters. The van der Waals surface area contributed by atoms with E-state index in [9.17, 15) is 9.65 Å². The molecule has 0 saturated carbocycles. The highest BCUT2D eigenvalue weighted by atomic mass is 19.1. The number of hydrogen-bond donors (Lipinski definition) is 0. The third kappa shape index (κ3) is 3.85. The van der Waals surface area contributed by atoms with Crippen LogP contribution in [0.2, 0.25) is 0 Å². The smallest absolute Gasteiger partial charge is 0.123 e. The van der Waals surface area contributed by atoms with E-state index in [1.54, 1.807) is 12.1 Å². The quantitative estimate of drug-likeness (QED) is 0.792. The van der Waals surface area contributed by atoms with Gasteiger partial charge in [0.15, 0.2) is 0 Å². The van der Waals surface area contributed by atoms with Crippen molar-refractivity contribution in [1.29, 1.82) is 5.26 Å². The molecule has 22 heavy (non-hydrogen) atoms. The first-order valence-corrected chi connectivity index (χ1v) is 7.37. The number of rotatable bonds is 5. The van der Waals surface area contributed by atoms with Crippen molar-refractivity contribution in [2.45, 2.75) is 33.1 Å². The van der Waals surface area contributed by atoms with E-state index in [-0.39, 0.29) is 11.7 Å². The summed E-state index contributed by atoms with van der Waals surface area (Å²) in [4.78, 5) is 0. The topological polar surface area (TPSA) is 33.0 Å². The SMILES string of the molecule is Cc1cc(C)c(OCCC(C#N)c2cccc(F)c2)cc1C. The van der Waals surface area contributed by atoms with E-state index in [0.29, 0.717) is 18.6 Å². The molecule has 1 atom stereocenters. The molecule has 0 N–H and O–H groups in total. The Kier molecular flexibility index (Phi) is 5.16. The minimum atomic E-state index is -0.359. The van der Waals surface area contributed by atoms with Crippen molar-refractivity contribution in [1.82, 2.24) is 0 Å². The molecule has 0 aliphatic carbocycles. The summed E-state index contributed by atoms with van der Waals surface area (Å²) in [6.45, 7) is 6.56. The minimum Gasteiger partial charge on any atom is -0.493 e. The van der Waals surface area contributed by atoms with Gasteiger partial charge in [-0.3, -0.25) is 0 Å². The second-order valence-corrected chi connectivity index (χ2v) is 5.58. The average Bonchev–Trinajstić information content (AvgIpc) is 2.48. The third-order valence-corrected chi connectivity index (χ3v) is 3.86. The maximum absolute atomic E-state index is 13.2. The highest BCUT2D eigenvalue weighted by molar-refractivity contribution is 5.40. The van der Waals surface area contributed by atoms with Crippen molar-refractivity contribution in [3.63, 3.8) is 0 Å². The number of nitrogens with zero attached hydrogens (tertiary/aromatic N) is 1. The van der Waals surface area contributed by atoms with Crippen LogP contribution in [0.15, 0.2) is 36.4 Å². The Balaban J connectivity index is 2.01. The molecule has 2 aromatic carbocycles. The molecule has 2 aromatic rings. The normalized spacial score (nSPS) is 11.8. The Hall–Kier alpha value is -2.34. The van der Waals surface area contributed by atoms with Crippen LogP contribution in [0, 0.1) is 37.9 Å². The van der Waals surface area contributed by atoms with E-state index < -0.39 is 0 Å². The van der Waals surface area contributed by atoms with Crippen molar-refractivity contribution >= 4 is 0 Å². The maximum Gasteiger partial charge on any atom is 0.123 e. The van der Waals surface area contributed by atoms with E-state index in [2.05, 4.69) is 19.1 Å². The third-order valence-electron chi connectivity index (χ3n) is 3.86. The lowest BCUT2D eigenvalue weighted by Crippen LogP contribution is -2.06. The second-order valence-electron chi connectivity index (χ2n) is 5.58. The average molecular weight is 297 g/mol. The largest absolute Gasteiger partial charge is 0.493 e. The van der Waals surface area contributed by atoms with Gasteiger partial charge in [0.1, 0.15) is 11.6 Å². The zero-order valence-corrected chi connectivity index (χ0v) is 13.2. The first-order chi connectivity index (χ1) is 10.5. The van der Waals surface area contributed by atoms with Crippen LogP contribution >= 0.6 is 0 Å². The van der Waals surface area contributed by atoms with Gasteiger partial charge in [-0.15, -0.1) is 0 Å². The first kappa shape index (κ1) is 16.0. The molecule has 0 radical (unpaired) electrons. The number of benzene rings is 2. The van der Waals surface area contributed by atoms with Gasteiger partial charge in [-0.2, -0.15) is 5.26 Å². The summed E-state index contributed by atoms with van der Waals surface area (Å²) < 4.78 is 19.1. The summed E-state index contributed by atoms with van der Waals surface area (Å²) in [5.74, 6) is 0.172. The number of nitriles is 1. The Bertz CT molecular complexity index is 703. The summed E-state index contributed by atoms with van der Waals surface area (Å²) in [5.41, 5.74) is 4.20. The molecule has 2 nitrogen and oxygen atoms in total. The van der Waals surface area contributed by atoms with Crippen LogP contribution in [0.5, 0.6) is 5.75 Å². The Morgan fingerprint density at radius 2 is 1.82 bits per heavy atom. The van der Waals surface area contributed by atoms with Gasteiger partial charge < -0.3 is 4.74 Å². The predicted molar refractivity (Wildman–Crippen MR) is 85.5 cm³/mol. The van der Waals surface area contributed by atoms with Gasteiger partial charge >= 0.3 is 0 Å². The number of ether oxygens (including phenoxy) is 1. The van der Waals surface area contributed by atoms with Crippen LogP contribution in [0.4, 0.5) is 4.39 Å². The molecule has 0 aliphatic heterocycles. The van der Waals surface area contributed by atoms with Crippen LogP contribution < -0.4 is 4.74 Å². The summed E-state index contributed by atoms with van der Waals surface area (Å²) in [7, 11) is 0. The lowest BCUT2D eigenvalue weighted by Gasteiger charge is -2.14. The number of hydrogen-bond acceptors (Lipinski definition) is 2. The molecule has 3 heteroatoms. The van der Waals surface area contributed by atoms with Gasteiger partial charge in [0, 0.05) is 6.42 Å². The van der Waals surface area contributed by atoms with E-state index in [1.807, 2.05) is 19.9 Å². The van der Waals surface area contributed by atoms with Gasteiger partial charge in [-0.25, -0.2) is 4.39 Å². The van der Waals surface area contributed by atoms with Gasteiger partial charge in [-0.05, 0) is 61.2 Å². The summed E-state index contributed by atoms with van der Waals surface area (Å²) in [6, 6.07) is 12.5. The van der Waals surface area contributed by atoms with Crippen LogP contribution in [0.1, 0.15) is 34.6 Å². The Labute approximate surface area is 131 Å². The Morgan fingerprint density at radius 3 is 2.50 bits per heavy atom. The molecule has 0 amide bonds. The summed E-state index contributed by atoms with van der Waals surface area (Å²) in [5, 5.41) is 9.27. The predicted octanol–water partition coefficient (Wildman–Crippen LogP) is 4.83. The van der Waals surface area contributed by atoms with Crippen molar-refractivity contribution in [3.8, 4) is 11.8 Å². The van der Waals surface area contributed by atoms with E-state index in [1.165, 1.54) is 23.3 Å². The standard InChI is InChI=1S/C19H20FNO/c1-13-9-15(3)19(10-14(13)2)22-8-7-17(12-21)16-5-4-6-18(20)11-16/h4-6,9-11,17H,7-8H2,1-3H3. The van der Waals surface area contributed by atoms with Crippen molar-refractivity contribution in [2.24, 2.45) is 0 Å². The van der Waals surface area contributed by atoms with E-state index >= 15 is 0 Å². The second kappa shape index (κ2) is 7.09. The van der Waals surface area contributed by atoms with Gasteiger partial charge in [0.25, 0.3) is 0 Å². The molecule has 0 spiro atoms. The fourth-order valence-corrected chi connectivity index (χ4v) is 2.41. The van der Waals surface area contributed by atoms with Crippen molar-refractivity contribution in [2.75, 3.05) is 6.61 Å². The highest BCUT2D eigenvalue weighted by Gasteiger charge is 2.12. The van der Waals surface area contributed by atoms with Crippen LogP contribution in [0.25, 0.3) is 0 Å². The molecule has 114 valence electrons. The zero-order valence-electron chi connectivity index (χ0n) is 13.2. The molecular weight excluding hydrogens is 277 g/mol. The molecule has 0 fully saturated rings. The van der Waals surface area contributed by atoms with Gasteiger partial charge in [-0.1, -0.05) is 18.2 Å². The summed E-state index contributed by atoms with van der Waals surface area (Å²) >= 11 is 0. The molecule has 0 heterocycles. The zero-order chi connectivity index (χ0) is 16.1. The number of halogens is 1. The fraction of sp³-hybridized carbons (Fsp3) is 0.316. The molecule has 2 rings (SSSR count). The van der Waals surface area contributed by atoms with Gasteiger partial charge in [0.05, 0.1) is 18.6 Å². The van der Waals surface area contributed by atoms with Crippen LogP contribution in [-0.4, -0.2) is 6.61 Å². The molecule has 0 aliphatic rings. The maximum atomic E-state index is 13.2. The van der Waals surface area contributed by atoms with E-state index in [4.69, 9.17) is 4.74 Å². The molecule has 0 aromatic heterocycles. The molecule has 0 bridgehead atoms. The first-order valence-electron chi connectivity index (χ1n) is 7.37. The lowest BCUT2D eigenvalue weighted by molar-refractivity contribution is 0.303. The van der Waals surface area contributed by atoms with Crippen LogP contribution in [0.3, 0.4) is 0 Å². The fourth-order valence-electron chi connectivity index (χ4n) is 2.41. The van der Waals surface area contributed by atoms with Crippen LogP contribution in [-0.2, 0) is 0 Å². The molecular formula is C19H20FNO. The highest BCUT2D eigenvalue weighted by Crippen LogP contribution is 2.24. The number of aryl methyl sites for hydroxylation is 3. The van der Waals surface area contributed by atoms with Gasteiger partial charge in [0.2, 0.25) is 0 Å². The van der Waals surface area contributed by atoms with Crippen molar-refractivity contribution < 1.29 is 9.13 Å². The van der Waals surface area contributed by atoms with E-state index in [0.717, 1.165) is 11.3 Å². The van der Waals surface area contributed by atoms with Crippen molar-refractivity contribution in [3.05, 3.63) is 64.5 Å². The molecule has 0 saturated heterocycles.